The molecule has 0 aliphatic carbocycles. The van der Waals surface area contributed by atoms with Crippen LogP contribution >= 0.6 is 0 Å². The van der Waals surface area contributed by atoms with E-state index in [0.717, 1.165) is 51.1 Å². The van der Waals surface area contributed by atoms with Crippen LogP contribution < -0.4 is 11.1 Å². The highest BCUT2D eigenvalue weighted by Crippen LogP contribution is 2.20. The number of aromatic nitrogens is 2. The van der Waals surface area contributed by atoms with Crippen molar-refractivity contribution in [3.05, 3.63) is 18.0 Å². The van der Waals surface area contributed by atoms with Crippen molar-refractivity contribution in [3.8, 4) is 0 Å². The van der Waals surface area contributed by atoms with E-state index >= 15 is 0 Å². The van der Waals surface area contributed by atoms with E-state index in [4.69, 9.17) is 5.73 Å². The van der Waals surface area contributed by atoms with Gasteiger partial charge in [0, 0.05) is 37.9 Å². The minimum absolute atomic E-state index is 0.294. The molecule has 1 aliphatic rings. The van der Waals surface area contributed by atoms with Gasteiger partial charge in [-0.15, -0.1) is 0 Å². The van der Waals surface area contributed by atoms with Gasteiger partial charge in [-0.25, -0.2) is 0 Å². The van der Waals surface area contributed by atoms with E-state index in [1.54, 1.807) is 6.20 Å². The Kier molecular flexibility index (Phi) is 4.93. The van der Waals surface area contributed by atoms with Gasteiger partial charge in [-0.1, -0.05) is 6.92 Å². The molecule has 1 unspecified atom stereocenters. The molecular weight excluding hydrogens is 242 g/mol. The molecule has 3 N–H and O–H groups in total. The standard InChI is InChI=1S/C13H23N5O/c1-2-6-18-10-11(9-16-18)12(13(14)19)17-7-3-4-15-5-8-17/h9-10,12,15H,2-8H2,1H3,(H2,14,19). The van der Waals surface area contributed by atoms with Crippen LogP contribution in [0, 0.1) is 0 Å². The van der Waals surface area contributed by atoms with E-state index in [9.17, 15) is 4.79 Å². The van der Waals surface area contributed by atoms with Gasteiger partial charge in [-0.3, -0.25) is 14.4 Å². The van der Waals surface area contributed by atoms with E-state index in [1.165, 1.54) is 0 Å². The number of amides is 1. The Balaban J connectivity index is 2.15. The lowest BCUT2D eigenvalue weighted by Gasteiger charge is -2.27. The van der Waals surface area contributed by atoms with Gasteiger partial charge in [0.15, 0.2) is 0 Å². The molecule has 0 aromatic carbocycles. The number of nitrogens with zero attached hydrogens (tertiary/aromatic N) is 3. The maximum Gasteiger partial charge on any atom is 0.239 e. The SMILES string of the molecule is CCCn1cc(C(C(N)=O)N2CCCNCC2)cn1. The third-order valence-corrected chi connectivity index (χ3v) is 3.43. The molecule has 1 saturated heterocycles. The Bertz CT molecular complexity index is 409. The zero-order chi connectivity index (χ0) is 13.7. The Hall–Kier alpha value is -1.40. The molecule has 6 nitrogen and oxygen atoms in total. The summed E-state index contributed by atoms with van der Waals surface area (Å²) in [5, 5.41) is 7.63. The predicted octanol–water partition coefficient (Wildman–Crippen LogP) is 0.115. The molecule has 1 amide bonds. The van der Waals surface area contributed by atoms with Crippen molar-refractivity contribution in [2.45, 2.75) is 32.4 Å². The number of carbonyl (C=O) groups is 1. The number of rotatable bonds is 5. The van der Waals surface area contributed by atoms with Crippen LogP contribution in [0.25, 0.3) is 0 Å². The molecule has 1 fully saturated rings. The van der Waals surface area contributed by atoms with E-state index in [0.29, 0.717) is 0 Å². The van der Waals surface area contributed by atoms with Crippen molar-refractivity contribution in [3.63, 3.8) is 0 Å². The van der Waals surface area contributed by atoms with Gasteiger partial charge < -0.3 is 11.1 Å². The smallest absolute Gasteiger partial charge is 0.239 e. The number of primary amides is 1. The lowest BCUT2D eigenvalue weighted by molar-refractivity contribution is -0.123. The number of carbonyl (C=O) groups excluding carboxylic acids is 1. The summed E-state index contributed by atoms with van der Waals surface area (Å²) >= 11 is 0. The first-order chi connectivity index (χ1) is 9.22. The highest BCUT2D eigenvalue weighted by molar-refractivity contribution is 5.81. The van der Waals surface area contributed by atoms with Crippen LogP contribution in [0.1, 0.15) is 31.4 Å². The topological polar surface area (TPSA) is 76.2 Å². The molecule has 2 rings (SSSR count). The van der Waals surface area contributed by atoms with Crippen molar-refractivity contribution in [2.75, 3.05) is 26.2 Å². The quantitative estimate of drug-likeness (QED) is 0.792. The van der Waals surface area contributed by atoms with Crippen LogP contribution in [0.4, 0.5) is 0 Å². The fourth-order valence-corrected chi connectivity index (χ4v) is 2.55. The second-order valence-electron chi connectivity index (χ2n) is 4.98. The van der Waals surface area contributed by atoms with E-state index in [1.807, 2.05) is 10.9 Å². The number of hydrogen-bond donors (Lipinski definition) is 2. The summed E-state index contributed by atoms with van der Waals surface area (Å²) in [7, 11) is 0. The van der Waals surface area contributed by atoms with E-state index in [-0.39, 0.29) is 11.9 Å². The molecule has 1 aromatic rings. The average Bonchev–Trinajstić information content (AvgIpc) is 2.65. The van der Waals surface area contributed by atoms with Crippen molar-refractivity contribution in [1.82, 2.24) is 20.0 Å². The van der Waals surface area contributed by atoms with Gasteiger partial charge in [0.05, 0.1) is 6.20 Å². The van der Waals surface area contributed by atoms with Gasteiger partial charge in [-0.2, -0.15) is 5.10 Å². The van der Waals surface area contributed by atoms with Gasteiger partial charge >= 0.3 is 0 Å². The lowest BCUT2D eigenvalue weighted by atomic mass is 10.1. The first-order valence-electron chi connectivity index (χ1n) is 6.98. The predicted molar refractivity (Wildman–Crippen MR) is 73.5 cm³/mol. The van der Waals surface area contributed by atoms with Crippen LogP contribution in [0.15, 0.2) is 12.4 Å². The van der Waals surface area contributed by atoms with Crippen LogP contribution in [-0.4, -0.2) is 46.8 Å². The zero-order valence-electron chi connectivity index (χ0n) is 11.5. The fourth-order valence-electron chi connectivity index (χ4n) is 2.55. The summed E-state index contributed by atoms with van der Waals surface area (Å²) in [4.78, 5) is 14.0. The van der Waals surface area contributed by atoms with Gasteiger partial charge in [0.1, 0.15) is 6.04 Å². The summed E-state index contributed by atoms with van der Waals surface area (Å²) in [5.41, 5.74) is 6.50. The Morgan fingerprint density at radius 1 is 1.53 bits per heavy atom. The maximum atomic E-state index is 11.8. The molecule has 0 bridgehead atoms. The molecule has 0 saturated carbocycles. The van der Waals surface area contributed by atoms with Crippen molar-refractivity contribution < 1.29 is 4.79 Å². The molecule has 1 aliphatic heterocycles. The van der Waals surface area contributed by atoms with Crippen LogP contribution in [-0.2, 0) is 11.3 Å². The molecule has 2 heterocycles. The average molecular weight is 265 g/mol. The second-order valence-corrected chi connectivity index (χ2v) is 4.98. The minimum Gasteiger partial charge on any atom is -0.368 e. The van der Waals surface area contributed by atoms with E-state index < -0.39 is 0 Å². The van der Waals surface area contributed by atoms with Gasteiger partial charge in [0.2, 0.25) is 5.91 Å². The lowest BCUT2D eigenvalue weighted by Crippen LogP contribution is -2.39. The Morgan fingerprint density at radius 2 is 2.37 bits per heavy atom. The van der Waals surface area contributed by atoms with Gasteiger partial charge in [0.25, 0.3) is 0 Å². The zero-order valence-corrected chi connectivity index (χ0v) is 11.5. The number of aryl methyl sites for hydroxylation is 1. The number of nitrogens with one attached hydrogen (secondary N) is 1. The fraction of sp³-hybridized carbons (Fsp3) is 0.692. The number of nitrogens with two attached hydrogens (primary N) is 1. The normalized spacial score (nSPS) is 19.0. The largest absolute Gasteiger partial charge is 0.368 e. The Morgan fingerprint density at radius 3 is 3.11 bits per heavy atom. The van der Waals surface area contributed by atoms with Crippen LogP contribution in [0.5, 0.6) is 0 Å². The molecule has 0 spiro atoms. The highest BCUT2D eigenvalue weighted by Gasteiger charge is 2.27. The molecule has 1 aromatic heterocycles. The first kappa shape index (κ1) is 14.0. The molecule has 6 heteroatoms. The third-order valence-electron chi connectivity index (χ3n) is 3.43. The summed E-state index contributed by atoms with van der Waals surface area (Å²) in [6, 6.07) is -0.356. The molecule has 106 valence electrons. The van der Waals surface area contributed by atoms with Crippen LogP contribution in [0.2, 0.25) is 0 Å². The second kappa shape index (κ2) is 6.68. The first-order valence-corrected chi connectivity index (χ1v) is 6.98. The summed E-state index contributed by atoms with van der Waals surface area (Å²) < 4.78 is 1.88. The molecular formula is C13H23N5O. The third kappa shape index (κ3) is 3.54. The van der Waals surface area contributed by atoms with E-state index in [2.05, 4.69) is 22.2 Å². The van der Waals surface area contributed by atoms with Gasteiger partial charge in [-0.05, 0) is 19.4 Å². The van der Waals surface area contributed by atoms with Crippen molar-refractivity contribution in [2.24, 2.45) is 5.73 Å². The van der Waals surface area contributed by atoms with Crippen LogP contribution in [0.3, 0.4) is 0 Å². The van der Waals surface area contributed by atoms with Crippen molar-refractivity contribution >= 4 is 5.91 Å². The minimum atomic E-state index is -0.356. The molecule has 0 radical (unpaired) electrons. The van der Waals surface area contributed by atoms with Crippen molar-refractivity contribution in [1.29, 1.82) is 0 Å². The Labute approximate surface area is 113 Å². The molecule has 19 heavy (non-hydrogen) atoms. The molecule has 1 atom stereocenters. The summed E-state index contributed by atoms with van der Waals surface area (Å²) in [6.45, 7) is 6.59. The summed E-state index contributed by atoms with van der Waals surface area (Å²) in [5.74, 6) is -0.294. The summed E-state index contributed by atoms with van der Waals surface area (Å²) in [6.07, 6.45) is 5.77. The maximum absolute atomic E-state index is 11.8. The number of hydrogen-bond acceptors (Lipinski definition) is 4. The highest BCUT2D eigenvalue weighted by atomic mass is 16.1. The monoisotopic (exact) mass is 265 g/mol.